The van der Waals surface area contributed by atoms with E-state index in [1.807, 2.05) is 21.9 Å². The van der Waals surface area contributed by atoms with Gasteiger partial charge in [0.05, 0.1) is 10.1 Å². The van der Waals surface area contributed by atoms with Crippen LogP contribution in [-0.4, -0.2) is 70.9 Å². The Balaban J connectivity index is 0.886. The second-order valence-corrected chi connectivity index (χ2v) is 14.3. The van der Waals surface area contributed by atoms with Gasteiger partial charge in [0, 0.05) is 49.3 Å². The second kappa shape index (κ2) is 8.30. The number of carbonyl (C=O) groups excluding carboxylic acids is 1. The summed E-state index contributed by atoms with van der Waals surface area (Å²) in [6.45, 7) is 3.12. The summed E-state index contributed by atoms with van der Waals surface area (Å²) >= 11 is 0. The van der Waals surface area contributed by atoms with Crippen LogP contribution in [-0.2, 0) is 9.84 Å². The number of hydrogen-bond acceptors (Lipinski definition) is 5. The largest absolute Gasteiger partial charge is 0.328 e. The minimum absolute atomic E-state index is 0.146. The average molecular weight is 510 g/mol. The van der Waals surface area contributed by atoms with Crippen LogP contribution in [0.4, 0.5) is 4.79 Å². The number of aromatic amines is 1. The van der Waals surface area contributed by atoms with Crippen LogP contribution in [0.5, 0.6) is 0 Å². The predicted octanol–water partition coefficient (Wildman–Crippen LogP) is 4.19. The molecule has 36 heavy (non-hydrogen) atoms. The molecule has 2 saturated heterocycles. The van der Waals surface area contributed by atoms with Gasteiger partial charge in [-0.3, -0.25) is 0 Å². The van der Waals surface area contributed by atoms with Gasteiger partial charge in [-0.2, -0.15) is 0 Å². The molecule has 5 aliphatic rings. The van der Waals surface area contributed by atoms with Gasteiger partial charge in [-0.25, -0.2) is 13.2 Å². The summed E-state index contributed by atoms with van der Waals surface area (Å²) in [6, 6.07) is 7.60. The molecule has 2 aromatic rings. The maximum Gasteiger partial charge on any atom is 0.320 e. The van der Waals surface area contributed by atoms with Crippen LogP contribution >= 0.6 is 0 Å². The highest BCUT2D eigenvalue weighted by Gasteiger charge is 2.56. The Labute approximate surface area is 212 Å². The van der Waals surface area contributed by atoms with Crippen LogP contribution in [0.15, 0.2) is 29.2 Å². The molecule has 1 spiro atoms. The molecule has 2 amide bonds. The molecule has 192 valence electrons. The topological polar surface area (TPSA) is 99.3 Å². The minimum Gasteiger partial charge on any atom is -0.328 e. The lowest BCUT2D eigenvalue weighted by atomic mass is 9.57. The molecular formula is C27H35N5O3S. The molecule has 1 N–H and O–H groups in total. The number of rotatable bonds is 5. The average Bonchev–Trinajstić information content (AvgIpc) is 3.55. The Bertz CT molecular complexity index is 1240. The lowest BCUT2D eigenvalue weighted by Gasteiger charge is -2.59. The quantitative estimate of drug-likeness (QED) is 0.652. The Hall–Kier alpha value is -2.42. The van der Waals surface area contributed by atoms with Gasteiger partial charge in [0.25, 0.3) is 0 Å². The third-order valence-corrected chi connectivity index (χ3v) is 11.7. The third-order valence-electron chi connectivity index (χ3n) is 9.38. The number of nitrogens with one attached hydrogen (secondary N) is 1. The lowest BCUT2D eigenvalue weighted by molar-refractivity contribution is -0.0601. The van der Waals surface area contributed by atoms with Gasteiger partial charge in [0.2, 0.25) is 0 Å². The van der Waals surface area contributed by atoms with Gasteiger partial charge in [0.1, 0.15) is 11.6 Å². The van der Waals surface area contributed by atoms with Gasteiger partial charge < -0.3 is 14.8 Å². The third kappa shape index (κ3) is 3.85. The molecule has 9 heteroatoms. The first-order valence-electron chi connectivity index (χ1n) is 13.7. The van der Waals surface area contributed by atoms with Crippen LogP contribution < -0.4 is 0 Å². The monoisotopic (exact) mass is 509 g/mol. The van der Waals surface area contributed by atoms with Gasteiger partial charge in [-0.15, -0.1) is 10.2 Å². The van der Waals surface area contributed by atoms with Crippen molar-refractivity contribution in [3.63, 3.8) is 0 Å². The molecule has 1 aromatic carbocycles. The number of aromatic nitrogens is 3. The van der Waals surface area contributed by atoms with E-state index in [-0.39, 0.29) is 22.6 Å². The molecule has 3 aliphatic carbocycles. The van der Waals surface area contributed by atoms with E-state index in [0.29, 0.717) is 29.8 Å². The molecular weight excluding hydrogens is 474 g/mol. The number of hydrogen-bond donors (Lipinski definition) is 1. The summed E-state index contributed by atoms with van der Waals surface area (Å²) in [5, 5.41) is 8.47. The summed E-state index contributed by atoms with van der Waals surface area (Å²) in [5.41, 5.74) is 1.40. The highest BCUT2D eigenvalue weighted by Crippen LogP contribution is 2.56. The van der Waals surface area contributed by atoms with Crippen molar-refractivity contribution in [3.05, 3.63) is 41.5 Å². The van der Waals surface area contributed by atoms with Crippen molar-refractivity contribution >= 4 is 15.9 Å². The van der Waals surface area contributed by atoms with Gasteiger partial charge in [0.15, 0.2) is 9.84 Å². The molecule has 0 bridgehead atoms. The van der Waals surface area contributed by atoms with Crippen LogP contribution in [0, 0.1) is 5.41 Å². The molecule has 0 unspecified atom stereocenters. The van der Waals surface area contributed by atoms with Crippen LogP contribution in [0.2, 0.25) is 0 Å². The van der Waals surface area contributed by atoms with Crippen LogP contribution in [0.1, 0.15) is 92.8 Å². The second-order valence-electron chi connectivity index (χ2n) is 12.1. The van der Waals surface area contributed by atoms with Crippen LogP contribution in [0.25, 0.3) is 0 Å². The van der Waals surface area contributed by atoms with Gasteiger partial charge in [-0.1, -0.05) is 31.4 Å². The Kier molecular flexibility index (Phi) is 5.24. The first-order valence-corrected chi connectivity index (χ1v) is 15.3. The number of likely N-dealkylation sites (tertiary alicyclic amines) is 2. The molecule has 3 heterocycles. The molecule has 0 radical (unpaired) electrons. The van der Waals surface area contributed by atoms with E-state index in [9.17, 15) is 13.2 Å². The Morgan fingerprint density at radius 3 is 2.11 bits per heavy atom. The lowest BCUT2D eigenvalue weighted by Crippen LogP contribution is -2.67. The zero-order chi connectivity index (χ0) is 24.5. The standard InChI is InChI=1S/C27H35N5O3S/c33-26(32-16-27(17-32)12-20(13-27)25-28-24(29-30-25)19-6-7-19)31-14-21(15-31)18-8-10-23(11-9-18)36(34,35)22-4-2-1-3-5-22/h8-11,19-22H,1-7,12-17H2,(H,28,29,30). The molecule has 3 saturated carbocycles. The molecule has 2 aliphatic heterocycles. The summed E-state index contributed by atoms with van der Waals surface area (Å²) in [4.78, 5) is 20.8. The minimum atomic E-state index is -3.23. The number of sulfone groups is 1. The van der Waals surface area contributed by atoms with Crippen molar-refractivity contribution in [1.82, 2.24) is 25.0 Å². The fraction of sp³-hybridized carbons (Fsp3) is 0.667. The summed E-state index contributed by atoms with van der Waals surface area (Å²) in [5.74, 6) is 3.45. The fourth-order valence-corrected chi connectivity index (χ4v) is 8.75. The van der Waals surface area contributed by atoms with Crippen molar-refractivity contribution < 1.29 is 13.2 Å². The van der Waals surface area contributed by atoms with Gasteiger partial charge in [-0.05, 0) is 56.2 Å². The number of benzene rings is 1. The Morgan fingerprint density at radius 1 is 0.833 bits per heavy atom. The first kappa shape index (κ1) is 22.8. The van der Waals surface area contributed by atoms with Crippen LogP contribution in [0.3, 0.4) is 0 Å². The maximum absolute atomic E-state index is 13.0. The normalized spacial score (nSPS) is 24.9. The SMILES string of the molecule is O=C(N1CC(c2ccc(S(=O)(=O)C3CCCCC3)cc2)C1)N1CC2(CC(c3nnc(C4CC4)[nH]3)C2)C1. The first-order chi connectivity index (χ1) is 17.4. The highest BCUT2D eigenvalue weighted by molar-refractivity contribution is 7.92. The summed E-state index contributed by atoms with van der Waals surface area (Å²) < 4.78 is 25.9. The van der Waals surface area contributed by atoms with E-state index in [4.69, 9.17) is 0 Å². The number of urea groups is 1. The fourth-order valence-electron chi connectivity index (χ4n) is 6.89. The summed E-state index contributed by atoms with van der Waals surface area (Å²) in [7, 11) is -3.23. The highest BCUT2D eigenvalue weighted by atomic mass is 32.2. The van der Waals surface area contributed by atoms with Crippen molar-refractivity contribution in [2.45, 2.75) is 85.7 Å². The Morgan fingerprint density at radius 2 is 1.47 bits per heavy atom. The zero-order valence-electron chi connectivity index (χ0n) is 20.7. The van der Waals surface area contributed by atoms with Crippen molar-refractivity contribution in [1.29, 1.82) is 0 Å². The van der Waals surface area contributed by atoms with E-state index in [1.54, 1.807) is 12.1 Å². The number of amides is 2. The molecule has 5 fully saturated rings. The van der Waals surface area contributed by atoms with Crippen molar-refractivity contribution in [2.24, 2.45) is 5.41 Å². The van der Waals surface area contributed by atoms with E-state index < -0.39 is 9.84 Å². The number of nitrogens with zero attached hydrogens (tertiary/aromatic N) is 4. The molecule has 8 nitrogen and oxygen atoms in total. The van der Waals surface area contributed by atoms with E-state index in [2.05, 4.69) is 15.2 Å². The molecule has 0 atom stereocenters. The maximum atomic E-state index is 13.0. The van der Waals surface area contributed by atoms with Gasteiger partial charge >= 0.3 is 6.03 Å². The number of H-pyrrole nitrogens is 1. The number of carbonyl (C=O) groups is 1. The van der Waals surface area contributed by atoms with Crippen molar-refractivity contribution in [2.75, 3.05) is 26.2 Å². The molecule has 7 rings (SSSR count). The molecule has 1 aromatic heterocycles. The van der Waals surface area contributed by atoms with E-state index in [0.717, 1.165) is 75.2 Å². The smallest absolute Gasteiger partial charge is 0.320 e. The zero-order valence-corrected chi connectivity index (χ0v) is 21.5. The predicted molar refractivity (Wildman–Crippen MR) is 135 cm³/mol. The van der Waals surface area contributed by atoms with E-state index >= 15 is 0 Å². The van der Waals surface area contributed by atoms with E-state index in [1.165, 1.54) is 12.8 Å². The summed E-state index contributed by atoms with van der Waals surface area (Å²) in [6.07, 6.45) is 9.36. The van der Waals surface area contributed by atoms with Crippen molar-refractivity contribution in [3.8, 4) is 0 Å².